The van der Waals surface area contributed by atoms with Crippen molar-refractivity contribution in [2.75, 3.05) is 19.8 Å². The number of ether oxygens (including phenoxy) is 2. The van der Waals surface area contributed by atoms with Crippen molar-refractivity contribution < 1.29 is 24.2 Å². The number of hydrogen-bond donors (Lipinski definition) is 2. The van der Waals surface area contributed by atoms with Gasteiger partial charge >= 0.3 is 5.97 Å². The van der Waals surface area contributed by atoms with Crippen LogP contribution in [0.2, 0.25) is 0 Å². The fourth-order valence-electron chi connectivity index (χ4n) is 2.51. The van der Waals surface area contributed by atoms with E-state index in [0.29, 0.717) is 26.1 Å². The molecule has 0 saturated carbocycles. The van der Waals surface area contributed by atoms with Gasteiger partial charge in [0.15, 0.2) is 0 Å². The number of amides is 1. The molecule has 1 aliphatic rings. The van der Waals surface area contributed by atoms with E-state index in [9.17, 15) is 9.59 Å². The van der Waals surface area contributed by atoms with E-state index < -0.39 is 11.5 Å². The van der Waals surface area contributed by atoms with Crippen LogP contribution in [0.4, 0.5) is 0 Å². The van der Waals surface area contributed by atoms with Gasteiger partial charge in [-0.2, -0.15) is 0 Å². The molecule has 0 radical (unpaired) electrons. The number of carbonyl (C=O) groups is 2. The van der Waals surface area contributed by atoms with Gasteiger partial charge in [0.2, 0.25) is 5.91 Å². The van der Waals surface area contributed by atoms with Crippen molar-refractivity contribution in [2.45, 2.75) is 31.2 Å². The summed E-state index contributed by atoms with van der Waals surface area (Å²) < 4.78 is 11.7. The maximum Gasteiger partial charge on any atom is 0.305 e. The summed E-state index contributed by atoms with van der Waals surface area (Å²) in [6.45, 7) is 1.13. The van der Waals surface area contributed by atoms with Crippen LogP contribution in [0.15, 0.2) is 28.7 Å². The number of carbonyl (C=O) groups excluding carboxylic acids is 1. The summed E-state index contributed by atoms with van der Waals surface area (Å²) in [5.41, 5.74) is -0.772. The van der Waals surface area contributed by atoms with Crippen LogP contribution in [0.25, 0.3) is 0 Å². The van der Waals surface area contributed by atoms with E-state index in [-0.39, 0.29) is 25.4 Å². The zero-order chi connectivity index (χ0) is 16.7. The zero-order valence-corrected chi connectivity index (χ0v) is 14.3. The summed E-state index contributed by atoms with van der Waals surface area (Å²) in [6.07, 6.45) is 1.24. The van der Waals surface area contributed by atoms with Crippen LogP contribution in [-0.4, -0.2) is 42.3 Å². The largest absolute Gasteiger partial charge is 0.492 e. The fraction of sp³-hybridized carbons (Fsp3) is 0.500. The standard InChI is InChI=1S/C16H20BrNO5/c17-12-4-1-2-5-13(12)23-8-3-6-14(19)18-16(10-15(20)21)7-9-22-11-16/h1-2,4-5H,3,6-11H2,(H,18,19)(H,20,21). The Morgan fingerprint density at radius 1 is 1.39 bits per heavy atom. The Kier molecular flexibility index (Phi) is 6.41. The molecule has 1 aromatic carbocycles. The molecule has 0 bridgehead atoms. The number of carboxylic acids is 1. The average molecular weight is 386 g/mol. The van der Waals surface area contributed by atoms with Gasteiger partial charge in [-0.15, -0.1) is 0 Å². The van der Waals surface area contributed by atoms with Crippen LogP contribution in [0.3, 0.4) is 0 Å². The van der Waals surface area contributed by atoms with E-state index >= 15 is 0 Å². The van der Waals surface area contributed by atoms with Gasteiger partial charge in [0.05, 0.1) is 29.6 Å². The Labute approximate surface area is 143 Å². The van der Waals surface area contributed by atoms with Crippen molar-refractivity contribution >= 4 is 27.8 Å². The van der Waals surface area contributed by atoms with Crippen LogP contribution in [0.1, 0.15) is 25.7 Å². The number of nitrogens with one attached hydrogen (secondary N) is 1. The van der Waals surface area contributed by atoms with Crippen molar-refractivity contribution in [3.63, 3.8) is 0 Å². The summed E-state index contributed by atoms with van der Waals surface area (Å²) in [5, 5.41) is 11.8. The van der Waals surface area contributed by atoms with Crippen LogP contribution in [-0.2, 0) is 14.3 Å². The normalized spacial score (nSPS) is 20.2. The second kappa shape index (κ2) is 8.31. The van der Waals surface area contributed by atoms with Crippen molar-refractivity contribution in [1.29, 1.82) is 0 Å². The van der Waals surface area contributed by atoms with Gasteiger partial charge in [0.1, 0.15) is 5.75 Å². The summed E-state index contributed by atoms with van der Waals surface area (Å²) in [5.74, 6) is -0.375. The highest BCUT2D eigenvalue weighted by atomic mass is 79.9. The van der Waals surface area contributed by atoms with Gasteiger partial charge < -0.3 is 19.9 Å². The SMILES string of the molecule is O=C(O)CC1(NC(=O)CCCOc2ccccc2Br)CCOC1. The predicted molar refractivity (Wildman–Crippen MR) is 87.4 cm³/mol. The second-order valence-corrected chi connectivity index (χ2v) is 6.44. The fourth-order valence-corrected chi connectivity index (χ4v) is 2.91. The topological polar surface area (TPSA) is 84.9 Å². The maximum atomic E-state index is 12.0. The van der Waals surface area contributed by atoms with Gasteiger partial charge in [-0.25, -0.2) is 0 Å². The number of para-hydroxylation sites is 1. The molecule has 1 unspecified atom stereocenters. The molecule has 1 heterocycles. The smallest absolute Gasteiger partial charge is 0.305 e. The minimum Gasteiger partial charge on any atom is -0.492 e. The molecule has 1 aliphatic heterocycles. The van der Waals surface area contributed by atoms with Gasteiger partial charge in [-0.3, -0.25) is 9.59 Å². The monoisotopic (exact) mass is 385 g/mol. The number of rotatable bonds is 8. The minimum atomic E-state index is -0.937. The van der Waals surface area contributed by atoms with E-state index in [2.05, 4.69) is 21.2 Å². The summed E-state index contributed by atoms with van der Waals surface area (Å²) in [4.78, 5) is 23.0. The molecule has 0 aromatic heterocycles. The first-order chi connectivity index (χ1) is 11.0. The summed E-state index contributed by atoms with van der Waals surface area (Å²) >= 11 is 3.39. The molecule has 126 valence electrons. The highest BCUT2D eigenvalue weighted by Gasteiger charge is 2.38. The van der Waals surface area contributed by atoms with Gasteiger partial charge in [0.25, 0.3) is 0 Å². The molecule has 1 aromatic rings. The predicted octanol–water partition coefficient (Wildman–Crippen LogP) is 2.36. The van der Waals surface area contributed by atoms with Crippen LogP contribution < -0.4 is 10.1 Å². The summed E-state index contributed by atoms with van der Waals surface area (Å²) in [7, 11) is 0. The lowest BCUT2D eigenvalue weighted by Gasteiger charge is -2.27. The molecular weight excluding hydrogens is 366 g/mol. The highest BCUT2D eigenvalue weighted by Crippen LogP contribution is 2.24. The van der Waals surface area contributed by atoms with Crippen molar-refractivity contribution in [3.8, 4) is 5.75 Å². The Bertz CT molecular complexity index is 557. The number of halogens is 1. The van der Waals surface area contributed by atoms with Crippen molar-refractivity contribution in [3.05, 3.63) is 28.7 Å². The Balaban J connectivity index is 1.74. The van der Waals surface area contributed by atoms with Gasteiger partial charge in [0, 0.05) is 13.0 Å². The lowest BCUT2D eigenvalue weighted by atomic mass is 9.94. The molecule has 0 spiro atoms. The highest BCUT2D eigenvalue weighted by molar-refractivity contribution is 9.10. The number of aliphatic carboxylic acids is 1. The van der Waals surface area contributed by atoms with Gasteiger partial charge in [-0.05, 0) is 40.9 Å². The first-order valence-corrected chi connectivity index (χ1v) is 8.28. The quantitative estimate of drug-likeness (QED) is 0.670. The van der Waals surface area contributed by atoms with Crippen LogP contribution in [0.5, 0.6) is 5.75 Å². The number of benzene rings is 1. The minimum absolute atomic E-state index is 0.119. The molecule has 1 saturated heterocycles. The number of carboxylic acid groups (broad SMARTS) is 1. The molecule has 0 aliphatic carbocycles. The Morgan fingerprint density at radius 3 is 2.83 bits per heavy atom. The third-order valence-electron chi connectivity index (χ3n) is 3.64. The molecule has 7 heteroatoms. The van der Waals surface area contributed by atoms with E-state index in [1.807, 2.05) is 24.3 Å². The maximum absolute atomic E-state index is 12.0. The zero-order valence-electron chi connectivity index (χ0n) is 12.7. The first-order valence-electron chi connectivity index (χ1n) is 7.49. The molecule has 1 amide bonds. The lowest BCUT2D eigenvalue weighted by Crippen LogP contribution is -2.50. The molecule has 6 nitrogen and oxygen atoms in total. The number of hydrogen-bond acceptors (Lipinski definition) is 4. The second-order valence-electron chi connectivity index (χ2n) is 5.58. The Hall–Kier alpha value is -1.60. The van der Waals surface area contributed by atoms with Gasteiger partial charge in [-0.1, -0.05) is 12.1 Å². The molecule has 23 heavy (non-hydrogen) atoms. The third-order valence-corrected chi connectivity index (χ3v) is 4.30. The third kappa shape index (κ3) is 5.51. The van der Waals surface area contributed by atoms with E-state index in [0.717, 1.165) is 10.2 Å². The Morgan fingerprint density at radius 2 is 2.17 bits per heavy atom. The lowest BCUT2D eigenvalue weighted by molar-refractivity contribution is -0.139. The summed E-state index contributed by atoms with van der Waals surface area (Å²) in [6, 6.07) is 7.51. The van der Waals surface area contributed by atoms with E-state index in [1.165, 1.54) is 0 Å². The van der Waals surface area contributed by atoms with E-state index in [1.54, 1.807) is 0 Å². The molecular formula is C16H20BrNO5. The van der Waals surface area contributed by atoms with Crippen LogP contribution >= 0.6 is 15.9 Å². The van der Waals surface area contributed by atoms with Crippen molar-refractivity contribution in [1.82, 2.24) is 5.32 Å². The first kappa shape index (κ1) is 17.7. The van der Waals surface area contributed by atoms with E-state index in [4.69, 9.17) is 14.6 Å². The van der Waals surface area contributed by atoms with Crippen LogP contribution in [0, 0.1) is 0 Å². The molecule has 1 fully saturated rings. The average Bonchev–Trinajstić information content (AvgIpc) is 2.92. The molecule has 1 atom stereocenters. The molecule has 2 N–H and O–H groups in total. The molecule has 2 rings (SSSR count). The van der Waals surface area contributed by atoms with Crippen molar-refractivity contribution in [2.24, 2.45) is 0 Å².